The van der Waals surface area contributed by atoms with E-state index in [-0.39, 0.29) is 5.02 Å². The van der Waals surface area contributed by atoms with Gasteiger partial charge < -0.3 is 10.2 Å². The van der Waals surface area contributed by atoms with Gasteiger partial charge in [-0.3, -0.25) is 0 Å². The molecule has 1 aromatic heterocycles. The van der Waals surface area contributed by atoms with E-state index in [1.54, 1.807) is 0 Å². The van der Waals surface area contributed by atoms with Crippen LogP contribution in [-0.2, 0) is 6.42 Å². The Balaban J connectivity index is 2.44. The van der Waals surface area contributed by atoms with E-state index in [9.17, 15) is 4.39 Å². The van der Waals surface area contributed by atoms with Gasteiger partial charge in [0.15, 0.2) is 11.5 Å². The van der Waals surface area contributed by atoms with Crippen LogP contribution < -0.4 is 5.73 Å². The second kappa shape index (κ2) is 3.71. The smallest absolute Gasteiger partial charge is 0.197 e. The van der Waals surface area contributed by atoms with E-state index in [0.29, 0.717) is 23.4 Å². The minimum atomic E-state index is -0.510. The van der Waals surface area contributed by atoms with Gasteiger partial charge in [-0.15, -0.1) is 0 Å². The molecule has 5 heteroatoms. The van der Waals surface area contributed by atoms with Crippen LogP contribution in [-0.4, -0.2) is 10.5 Å². The Labute approximate surface area is 97.4 Å². The molecule has 0 saturated heterocycles. The van der Waals surface area contributed by atoms with Crippen molar-refractivity contribution < 1.29 is 8.81 Å². The van der Waals surface area contributed by atoms with Crippen LogP contribution in [0, 0.1) is 5.82 Å². The van der Waals surface area contributed by atoms with Crippen LogP contribution in [0.4, 0.5) is 4.39 Å². The molecule has 0 aliphatic carbocycles. The normalized spacial score (nSPS) is 12.3. The maximum atomic E-state index is 13.2. The van der Waals surface area contributed by atoms with Crippen molar-refractivity contribution in [3.8, 4) is 0 Å². The van der Waals surface area contributed by atoms with Crippen LogP contribution in [0.15, 0.2) is 16.5 Å². The summed E-state index contributed by atoms with van der Waals surface area (Å²) in [6.45, 7) is 3.74. The molecule has 0 amide bonds. The number of aromatic nitrogens is 1. The average Bonchev–Trinajstić information content (AvgIpc) is 2.44. The molecule has 2 rings (SSSR count). The molecule has 3 nitrogen and oxygen atoms in total. The summed E-state index contributed by atoms with van der Waals surface area (Å²) in [6.07, 6.45) is 0.487. The fourth-order valence-corrected chi connectivity index (χ4v) is 1.59. The molecule has 1 heterocycles. The summed E-state index contributed by atoms with van der Waals surface area (Å²) in [4.78, 5) is 4.20. The Kier molecular flexibility index (Phi) is 2.64. The van der Waals surface area contributed by atoms with E-state index in [1.165, 1.54) is 12.1 Å². The first-order valence-electron chi connectivity index (χ1n) is 4.88. The van der Waals surface area contributed by atoms with Gasteiger partial charge in [-0.25, -0.2) is 9.37 Å². The number of nitrogens with two attached hydrogens (primary N) is 1. The van der Waals surface area contributed by atoms with Crippen LogP contribution in [0.5, 0.6) is 0 Å². The van der Waals surface area contributed by atoms with Crippen molar-refractivity contribution in [1.29, 1.82) is 0 Å². The molecule has 0 saturated carbocycles. The summed E-state index contributed by atoms with van der Waals surface area (Å²) >= 11 is 5.65. The van der Waals surface area contributed by atoms with Gasteiger partial charge in [0.05, 0.1) is 5.02 Å². The SMILES string of the molecule is CC(C)(N)Cc1nc2cc(Cl)c(F)cc2o1. The van der Waals surface area contributed by atoms with Crippen LogP contribution in [0.1, 0.15) is 19.7 Å². The van der Waals surface area contributed by atoms with Crippen molar-refractivity contribution in [2.24, 2.45) is 5.73 Å². The van der Waals surface area contributed by atoms with E-state index in [0.717, 1.165) is 0 Å². The summed E-state index contributed by atoms with van der Waals surface area (Å²) in [5.41, 5.74) is 6.37. The number of nitrogens with zero attached hydrogens (tertiary/aromatic N) is 1. The molecule has 0 bridgehead atoms. The second-order valence-corrected chi connectivity index (χ2v) is 4.91. The third kappa shape index (κ3) is 2.33. The standard InChI is InChI=1S/C11H12ClFN2O/c1-11(2,14)5-10-15-8-3-6(12)7(13)4-9(8)16-10/h3-4H,5,14H2,1-2H3. The highest BCUT2D eigenvalue weighted by Gasteiger charge is 2.17. The first-order chi connectivity index (χ1) is 7.35. The summed E-state index contributed by atoms with van der Waals surface area (Å²) in [5.74, 6) is -0.0203. The second-order valence-electron chi connectivity index (χ2n) is 4.51. The van der Waals surface area contributed by atoms with Crippen LogP contribution >= 0.6 is 11.6 Å². The summed E-state index contributed by atoms with van der Waals surface area (Å²) in [5, 5.41) is 0.0411. The van der Waals surface area contributed by atoms with Gasteiger partial charge >= 0.3 is 0 Å². The minimum absolute atomic E-state index is 0.0411. The van der Waals surface area contributed by atoms with E-state index in [4.69, 9.17) is 21.8 Å². The maximum Gasteiger partial charge on any atom is 0.197 e. The van der Waals surface area contributed by atoms with E-state index < -0.39 is 11.4 Å². The van der Waals surface area contributed by atoms with Crippen molar-refractivity contribution in [1.82, 2.24) is 4.98 Å². The van der Waals surface area contributed by atoms with Gasteiger partial charge in [0.25, 0.3) is 0 Å². The van der Waals surface area contributed by atoms with Gasteiger partial charge in [-0.1, -0.05) is 11.6 Å². The van der Waals surface area contributed by atoms with Gasteiger partial charge in [-0.05, 0) is 19.9 Å². The number of rotatable bonds is 2. The van der Waals surface area contributed by atoms with E-state index in [2.05, 4.69) is 4.98 Å². The molecular formula is C11H12ClFN2O. The maximum absolute atomic E-state index is 13.2. The van der Waals surface area contributed by atoms with Gasteiger partial charge in [0.1, 0.15) is 11.3 Å². The van der Waals surface area contributed by atoms with Crippen molar-refractivity contribution in [3.05, 3.63) is 28.9 Å². The Morgan fingerprint density at radius 3 is 2.81 bits per heavy atom. The molecule has 2 N–H and O–H groups in total. The summed E-state index contributed by atoms with van der Waals surface area (Å²) < 4.78 is 18.5. The van der Waals surface area contributed by atoms with Crippen molar-refractivity contribution in [3.63, 3.8) is 0 Å². The molecule has 0 aliphatic heterocycles. The Hall–Kier alpha value is -1.13. The lowest BCUT2D eigenvalue weighted by molar-refractivity contribution is 0.433. The Morgan fingerprint density at radius 1 is 1.50 bits per heavy atom. The number of halogens is 2. The van der Waals surface area contributed by atoms with E-state index >= 15 is 0 Å². The highest BCUT2D eigenvalue weighted by Crippen LogP contribution is 2.24. The fourth-order valence-electron chi connectivity index (χ4n) is 1.44. The minimum Gasteiger partial charge on any atom is -0.441 e. The third-order valence-electron chi connectivity index (χ3n) is 2.08. The Bertz CT molecular complexity index is 491. The predicted octanol–water partition coefficient (Wildman–Crippen LogP) is 2.90. The molecular weight excluding hydrogens is 231 g/mol. The van der Waals surface area contributed by atoms with E-state index in [1.807, 2.05) is 13.8 Å². The van der Waals surface area contributed by atoms with Gasteiger partial charge in [0, 0.05) is 18.0 Å². The molecule has 2 aromatic rings. The zero-order valence-electron chi connectivity index (χ0n) is 9.05. The largest absolute Gasteiger partial charge is 0.441 e. The molecule has 86 valence electrons. The average molecular weight is 243 g/mol. The highest BCUT2D eigenvalue weighted by molar-refractivity contribution is 6.31. The lowest BCUT2D eigenvalue weighted by Crippen LogP contribution is -2.34. The quantitative estimate of drug-likeness (QED) is 0.881. The number of benzene rings is 1. The summed E-state index contributed by atoms with van der Waals surface area (Å²) in [6, 6.07) is 2.68. The van der Waals surface area contributed by atoms with Crippen molar-refractivity contribution >= 4 is 22.7 Å². The third-order valence-corrected chi connectivity index (χ3v) is 2.37. The van der Waals surface area contributed by atoms with Crippen LogP contribution in [0.3, 0.4) is 0 Å². The predicted molar refractivity (Wildman–Crippen MR) is 60.9 cm³/mol. The van der Waals surface area contributed by atoms with Crippen molar-refractivity contribution in [2.45, 2.75) is 25.8 Å². The Morgan fingerprint density at radius 2 is 2.19 bits per heavy atom. The molecule has 0 aliphatic rings. The van der Waals surface area contributed by atoms with Crippen LogP contribution in [0.2, 0.25) is 5.02 Å². The lowest BCUT2D eigenvalue weighted by atomic mass is 10.0. The number of hydrogen-bond donors (Lipinski definition) is 1. The van der Waals surface area contributed by atoms with Crippen molar-refractivity contribution in [2.75, 3.05) is 0 Å². The fraction of sp³-hybridized carbons (Fsp3) is 0.364. The summed E-state index contributed by atoms with van der Waals surface area (Å²) in [7, 11) is 0. The molecule has 1 aromatic carbocycles. The molecule has 0 radical (unpaired) electrons. The molecule has 0 atom stereocenters. The first kappa shape index (κ1) is 11.4. The molecule has 16 heavy (non-hydrogen) atoms. The lowest BCUT2D eigenvalue weighted by Gasteiger charge is -2.14. The topological polar surface area (TPSA) is 52.0 Å². The zero-order chi connectivity index (χ0) is 11.9. The molecule has 0 spiro atoms. The molecule has 0 fully saturated rings. The number of hydrogen-bond acceptors (Lipinski definition) is 3. The number of fused-ring (bicyclic) bond motifs is 1. The first-order valence-corrected chi connectivity index (χ1v) is 5.26. The number of oxazole rings is 1. The zero-order valence-corrected chi connectivity index (χ0v) is 9.81. The highest BCUT2D eigenvalue weighted by atomic mass is 35.5. The molecule has 0 unspecified atom stereocenters. The van der Waals surface area contributed by atoms with Crippen LogP contribution in [0.25, 0.3) is 11.1 Å². The monoisotopic (exact) mass is 242 g/mol. The van der Waals surface area contributed by atoms with Gasteiger partial charge in [-0.2, -0.15) is 0 Å². The van der Waals surface area contributed by atoms with Gasteiger partial charge in [0.2, 0.25) is 0 Å².